The number of carbonyl (C=O) groups excluding carboxylic acids is 1. The summed E-state index contributed by atoms with van der Waals surface area (Å²) in [5.74, 6) is -0.716. The van der Waals surface area contributed by atoms with Crippen LogP contribution in [-0.2, 0) is 0 Å². The molecule has 2 aromatic rings. The molecule has 1 N–H and O–H groups in total. The number of nitriles is 1. The lowest BCUT2D eigenvalue weighted by Crippen LogP contribution is -2.27. The topological polar surface area (TPSA) is 57.8 Å². The van der Waals surface area contributed by atoms with Crippen LogP contribution in [0.3, 0.4) is 0 Å². The van der Waals surface area contributed by atoms with E-state index in [0.717, 1.165) is 12.8 Å². The zero-order valence-electron chi connectivity index (χ0n) is 11.8. The minimum absolute atomic E-state index is 0.235. The number of unbranched alkanes of at least 4 members (excludes halogenated alkanes) is 1. The summed E-state index contributed by atoms with van der Waals surface area (Å²) in [7, 11) is 0. The Hall–Kier alpha value is -2.61. The Morgan fingerprint density at radius 1 is 1.43 bits per heavy atom. The molecule has 0 bridgehead atoms. The average molecular weight is 285 g/mol. The molecule has 0 aliphatic rings. The van der Waals surface area contributed by atoms with E-state index in [9.17, 15) is 9.18 Å². The molecule has 21 heavy (non-hydrogen) atoms. The first-order valence-electron chi connectivity index (χ1n) is 6.83. The summed E-state index contributed by atoms with van der Waals surface area (Å²) in [5, 5.41) is 11.9. The molecule has 0 unspecified atom stereocenters. The molecule has 4 nitrogen and oxygen atoms in total. The zero-order valence-corrected chi connectivity index (χ0v) is 11.8. The fourth-order valence-corrected chi connectivity index (χ4v) is 2.06. The molecule has 5 heteroatoms. The van der Waals surface area contributed by atoms with Crippen LogP contribution >= 0.6 is 0 Å². The number of rotatable bonds is 5. The lowest BCUT2D eigenvalue weighted by Gasteiger charge is -2.10. The van der Waals surface area contributed by atoms with Crippen molar-refractivity contribution in [2.24, 2.45) is 0 Å². The van der Waals surface area contributed by atoms with Crippen LogP contribution < -0.4 is 5.32 Å². The SMILES string of the molecule is CCCCNC(=O)c1c(C#N)ccn1-c1cccc(F)c1. The fraction of sp³-hybridized carbons (Fsp3) is 0.250. The number of aromatic nitrogens is 1. The van der Waals surface area contributed by atoms with E-state index in [0.29, 0.717) is 12.2 Å². The number of amides is 1. The van der Waals surface area contributed by atoms with E-state index in [-0.39, 0.29) is 17.2 Å². The number of hydrogen-bond acceptors (Lipinski definition) is 2. The highest BCUT2D eigenvalue weighted by Gasteiger charge is 2.18. The largest absolute Gasteiger partial charge is 0.351 e. The van der Waals surface area contributed by atoms with Crippen LogP contribution in [0.4, 0.5) is 4.39 Å². The van der Waals surface area contributed by atoms with Gasteiger partial charge in [0, 0.05) is 18.4 Å². The number of benzene rings is 1. The minimum Gasteiger partial charge on any atom is -0.351 e. The van der Waals surface area contributed by atoms with Crippen molar-refractivity contribution in [1.29, 1.82) is 5.26 Å². The lowest BCUT2D eigenvalue weighted by atomic mass is 10.2. The normalized spacial score (nSPS) is 10.1. The van der Waals surface area contributed by atoms with Crippen molar-refractivity contribution in [2.45, 2.75) is 19.8 Å². The van der Waals surface area contributed by atoms with Crippen LogP contribution in [0.25, 0.3) is 5.69 Å². The van der Waals surface area contributed by atoms with Crippen LogP contribution in [0.15, 0.2) is 36.5 Å². The van der Waals surface area contributed by atoms with Gasteiger partial charge in [0.2, 0.25) is 0 Å². The predicted molar refractivity (Wildman–Crippen MR) is 77.7 cm³/mol. The second-order valence-corrected chi connectivity index (χ2v) is 4.65. The number of nitrogens with one attached hydrogen (secondary N) is 1. The van der Waals surface area contributed by atoms with Gasteiger partial charge < -0.3 is 9.88 Å². The highest BCUT2D eigenvalue weighted by molar-refractivity contribution is 5.95. The van der Waals surface area contributed by atoms with E-state index in [1.54, 1.807) is 24.4 Å². The Kier molecular flexibility index (Phi) is 4.72. The van der Waals surface area contributed by atoms with Crippen molar-refractivity contribution >= 4 is 5.91 Å². The van der Waals surface area contributed by atoms with Crippen molar-refractivity contribution in [3.05, 3.63) is 53.6 Å². The van der Waals surface area contributed by atoms with Gasteiger partial charge in [-0.1, -0.05) is 19.4 Å². The van der Waals surface area contributed by atoms with Crippen molar-refractivity contribution in [1.82, 2.24) is 9.88 Å². The lowest BCUT2D eigenvalue weighted by molar-refractivity contribution is 0.0946. The molecule has 0 spiro atoms. The minimum atomic E-state index is -0.392. The van der Waals surface area contributed by atoms with Crippen LogP contribution in [0, 0.1) is 17.1 Å². The first-order chi connectivity index (χ1) is 10.2. The molecule has 0 radical (unpaired) electrons. The summed E-state index contributed by atoms with van der Waals surface area (Å²) in [4.78, 5) is 12.3. The Morgan fingerprint density at radius 2 is 2.24 bits per heavy atom. The third-order valence-electron chi connectivity index (χ3n) is 3.12. The monoisotopic (exact) mass is 285 g/mol. The predicted octanol–water partition coefficient (Wildman–Crippen LogP) is 3.02. The van der Waals surface area contributed by atoms with E-state index in [1.807, 2.05) is 13.0 Å². The Morgan fingerprint density at radius 3 is 2.90 bits per heavy atom. The molecule has 0 fully saturated rings. The number of halogens is 1. The van der Waals surface area contributed by atoms with Gasteiger partial charge in [-0.25, -0.2) is 4.39 Å². The fourth-order valence-electron chi connectivity index (χ4n) is 2.06. The van der Waals surface area contributed by atoms with Gasteiger partial charge in [-0.2, -0.15) is 5.26 Å². The Bertz CT molecular complexity index is 685. The van der Waals surface area contributed by atoms with Gasteiger partial charge in [-0.3, -0.25) is 4.79 Å². The molecular formula is C16H16FN3O. The standard InChI is InChI=1S/C16H16FN3O/c1-2-3-8-19-16(21)15-12(11-18)7-9-20(15)14-6-4-5-13(17)10-14/h4-7,9-10H,2-3,8H2,1H3,(H,19,21). The summed E-state index contributed by atoms with van der Waals surface area (Å²) in [5.41, 5.74) is 1.02. The van der Waals surface area contributed by atoms with Gasteiger partial charge >= 0.3 is 0 Å². The highest BCUT2D eigenvalue weighted by atomic mass is 19.1. The quantitative estimate of drug-likeness (QED) is 0.858. The second kappa shape index (κ2) is 6.71. The van der Waals surface area contributed by atoms with Crippen molar-refractivity contribution in [3.63, 3.8) is 0 Å². The smallest absolute Gasteiger partial charge is 0.269 e. The Labute approximate surface area is 122 Å². The number of carbonyl (C=O) groups is 1. The van der Waals surface area contributed by atoms with Gasteiger partial charge in [-0.15, -0.1) is 0 Å². The van der Waals surface area contributed by atoms with Crippen LogP contribution in [0.2, 0.25) is 0 Å². The molecule has 0 atom stereocenters. The van der Waals surface area contributed by atoms with Gasteiger partial charge in [0.05, 0.1) is 5.56 Å². The average Bonchev–Trinajstić information content (AvgIpc) is 2.91. The van der Waals surface area contributed by atoms with E-state index < -0.39 is 5.82 Å². The van der Waals surface area contributed by atoms with E-state index in [2.05, 4.69) is 5.32 Å². The first-order valence-corrected chi connectivity index (χ1v) is 6.83. The summed E-state index contributed by atoms with van der Waals surface area (Å²) in [6, 6.07) is 9.46. The van der Waals surface area contributed by atoms with Crippen LogP contribution in [0.1, 0.15) is 35.8 Å². The third kappa shape index (κ3) is 3.29. The first kappa shape index (κ1) is 14.8. The number of hydrogen-bond donors (Lipinski definition) is 1. The summed E-state index contributed by atoms with van der Waals surface area (Å²) >= 11 is 0. The summed E-state index contributed by atoms with van der Waals surface area (Å²) in [6.45, 7) is 2.58. The van der Waals surface area contributed by atoms with Gasteiger partial charge in [-0.05, 0) is 30.7 Å². The van der Waals surface area contributed by atoms with Gasteiger partial charge in [0.1, 0.15) is 17.6 Å². The summed E-state index contributed by atoms with van der Waals surface area (Å²) in [6.07, 6.45) is 3.44. The van der Waals surface area contributed by atoms with Gasteiger partial charge in [0.25, 0.3) is 5.91 Å². The van der Waals surface area contributed by atoms with E-state index in [1.165, 1.54) is 16.7 Å². The molecule has 0 aliphatic heterocycles. The van der Waals surface area contributed by atoms with E-state index >= 15 is 0 Å². The third-order valence-corrected chi connectivity index (χ3v) is 3.12. The number of nitrogens with zero attached hydrogens (tertiary/aromatic N) is 2. The molecule has 0 aliphatic carbocycles. The maximum atomic E-state index is 13.3. The molecule has 1 aromatic carbocycles. The molecule has 0 saturated heterocycles. The van der Waals surface area contributed by atoms with Crippen LogP contribution in [-0.4, -0.2) is 17.0 Å². The Balaban J connectivity index is 2.38. The maximum Gasteiger partial charge on any atom is 0.269 e. The summed E-state index contributed by atoms with van der Waals surface area (Å²) < 4.78 is 14.9. The van der Waals surface area contributed by atoms with E-state index in [4.69, 9.17) is 5.26 Å². The zero-order chi connectivity index (χ0) is 15.2. The van der Waals surface area contributed by atoms with Crippen molar-refractivity contribution in [3.8, 4) is 11.8 Å². The van der Waals surface area contributed by atoms with Gasteiger partial charge in [0.15, 0.2) is 0 Å². The molecule has 1 aromatic heterocycles. The molecule has 2 rings (SSSR count). The van der Waals surface area contributed by atoms with Crippen molar-refractivity contribution in [2.75, 3.05) is 6.54 Å². The molecule has 1 amide bonds. The maximum absolute atomic E-state index is 13.3. The molecule has 1 heterocycles. The van der Waals surface area contributed by atoms with Crippen molar-refractivity contribution < 1.29 is 9.18 Å². The second-order valence-electron chi connectivity index (χ2n) is 4.65. The molecular weight excluding hydrogens is 269 g/mol. The molecule has 108 valence electrons. The molecule has 0 saturated carbocycles. The highest BCUT2D eigenvalue weighted by Crippen LogP contribution is 2.18. The van der Waals surface area contributed by atoms with Crippen LogP contribution in [0.5, 0.6) is 0 Å².